The number of aromatic nitrogens is 22. The van der Waals surface area contributed by atoms with Crippen molar-refractivity contribution in [2.45, 2.75) is 27.7 Å². The van der Waals surface area contributed by atoms with Crippen molar-refractivity contribution < 1.29 is 60.3 Å². The normalized spacial score (nSPS) is 10.5. The van der Waals surface area contributed by atoms with Crippen LogP contribution in [0.2, 0.25) is 0 Å². The quantitative estimate of drug-likeness (QED) is 0.109. The zero-order valence-corrected chi connectivity index (χ0v) is 73.3. The molecule has 11 heterocycles. The summed E-state index contributed by atoms with van der Waals surface area (Å²) in [4.78, 5) is 21.1. The summed E-state index contributed by atoms with van der Waals surface area (Å²) >= 11 is 0. The molecule has 601 valence electrons. The first kappa shape index (κ1) is 85.5. The second kappa shape index (κ2) is 41.3. The number of fused-ring (bicyclic) bond motifs is 6. The number of aryl methyl sites for hydroxylation is 5. The molecular weight excluding hydrogens is 2050 g/mol. The van der Waals surface area contributed by atoms with Crippen molar-refractivity contribution >= 4 is 43.6 Å². The van der Waals surface area contributed by atoms with Crippen molar-refractivity contribution in [3.63, 3.8) is 0 Å². The Bertz CT molecular complexity index is 6340. The number of nitrogens with zero attached hydrogens (tertiary/aromatic N) is 22. The summed E-state index contributed by atoms with van der Waals surface area (Å²) in [6.45, 7) is 8.25. The van der Waals surface area contributed by atoms with Gasteiger partial charge < -0.3 is 28.9 Å². The maximum absolute atomic E-state index is 4.42. The van der Waals surface area contributed by atoms with Gasteiger partial charge in [0.25, 0.3) is 0 Å². The monoisotopic (exact) mass is 2120 g/mol. The minimum atomic E-state index is 0. The molecule has 21 aromatic rings. The molecule has 11 aromatic heterocycles. The van der Waals surface area contributed by atoms with Crippen LogP contribution in [0.25, 0.3) is 158 Å². The summed E-state index contributed by atoms with van der Waals surface area (Å²) in [5, 5.41) is 62.4. The summed E-state index contributed by atoms with van der Waals surface area (Å²) in [6, 6.07) is 112. The number of imidazole rings is 1. The SMILES string of the molecule is Cc1cc[c-]c(-c2nccn2C)c1.Cc1ccc(-c2ccn[n-]2)nc1.Cc1cnc(-c2[c-]cccc2)cc1C.[Ir].[Ir].[Ir].[c-]1cc(-n2c3ccccc3c3ccccc32)ccc1-c1nnc(-c2ccc(-n3c4ccccc4c4ccccc43)cc2)nn1.[c-]1ccccc1-c1nnc(-c2ccccn2)nn1.[c-]1ccccc1-c1nnc(-c2ccccn2)nn1. The third kappa shape index (κ3) is 20.5. The van der Waals surface area contributed by atoms with E-state index in [1.807, 2.05) is 189 Å². The van der Waals surface area contributed by atoms with Gasteiger partial charge in [0.05, 0.1) is 16.9 Å². The Morgan fingerprint density at radius 3 is 1.17 bits per heavy atom. The summed E-state index contributed by atoms with van der Waals surface area (Å²) in [7, 11) is 1.98. The molecule has 3 radical (unpaired) electrons. The third-order valence-corrected chi connectivity index (χ3v) is 19.0. The van der Waals surface area contributed by atoms with E-state index in [0.717, 1.165) is 84.3 Å². The van der Waals surface area contributed by atoms with E-state index in [2.05, 4.69) is 284 Å². The van der Waals surface area contributed by atoms with Crippen LogP contribution in [0.3, 0.4) is 0 Å². The summed E-state index contributed by atoms with van der Waals surface area (Å²) in [5.74, 6) is 3.61. The van der Waals surface area contributed by atoms with Gasteiger partial charge in [-0.05, 0) is 122 Å². The number of rotatable bonds is 11. The van der Waals surface area contributed by atoms with Crippen LogP contribution in [0.4, 0.5) is 0 Å². The molecule has 0 aliphatic heterocycles. The molecule has 0 saturated heterocycles. The first-order chi connectivity index (χ1) is 58.6. The van der Waals surface area contributed by atoms with Crippen LogP contribution < -0.4 is 5.10 Å². The molecule has 0 aliphatic carbocycles. The standard InChI is InChI=1S/C38H23N6.2C13H8N5.C13H12N.C11H11N2.C9H8N3.3Ir/c1-5-13-33-29(9-1)30-10-2-6-14-34(30)43(33)27-21-17-25(18-22-27)37-39-41-38(42-40-37)26-19-23-28(24-20-26)44-35-15-7-3-11-31(35)32-12-4-8-16-36(32)44;2*1-2-6-10(7-3-1)12-15-17-13(18-16-12)11-8-4-5-9-14-11;1-10-8-13(14-9-11(10)2)12-6-4-3-5-7-12;1-9-4-3-5-10(8-9)11-12-6-7-13(11)2;1-7-2-3-8(10-6-7)9-4-5-11-12-9;;;/h1-19,21-24H;2*1-6,8-9H;3-6,8-9H,1-2H3;3-4,6-8H,1-2H3;2-6H,1H3;;;/q6*-1;;;. The van der Waals surface area contributed by atoms with Gasteiger partial charge in [-0.2, -0.15) is 30.6 Å². The van der Waals surface area contributed by atoms with Gasteiger partial charge in [-0.15, -0.1) is 203 Å². The van der Waals surface area contributed by atoms with Gasteiger partial charge >= 0.3 is 0 Å². The van der Waals surface area contributed by atoms with Gasteiger partial charge in [0.2, 0.25) is 17.5 Å². The van der Waals surface area contributed by atoms with Crippen LogP contribution in [0, 0.1) is 58.0 Å². The molecule has 0 bridgehead atoms. The van der Waals surface area contributed by atoms with Crippen molar-refractivity contribution in [3.8, 4) is 114 Å². The Balaban J connectivity index is 0.000000138. The van der Waals surface area contributed by atoms with Crippen LogP contribution >= 0.6 is 0 Å². The summed E-state index contributed by atoms with van der Waals surface area (Å²) in [6.07, 6.45) is 12.5. The van der Waals surface area contributed by atoms with E-state index >= 15 is 0 Å². The largest absolute Gasteiger partial charge is 0.574 e. The smallest absolute Gasteiger partial charge is 0.220 e. The fraction of sp³-hybridized carbons (Fsp3) is 0.0515. The molecule has 0 fully saturated rings. The number of para-hydroxylation sites is 4. The van der Waals surface area contributed by atoms with Crippen LogP contribution in [0.5, 0.6) is 0 Å². The zero-order chi connectivity index (χ0) is 81.1. The minimum absolute atomic E-state index is 0. The predicted molar refractivity (Wildman–Crippen MR) is 462 cm³/mol. The van der Waals surface area contributed by atoms with Crippen LogP contribution in [-0.4, -0.2) is 105 Å². The molecule has 10 aromatic carbocycles. The molecule has 0 N–H and O–H groups in total. The Hall–Kier alpha value is -14.4. The van der Waals surface area contributed by atoms with Crippen LogP contribution in [0.15, 0.2) is 335 Å². The molecule has 22 nitrogen and oxygen atoms in total. The first-order valence-corrected chi connectivity index (χ1v) is 37.9. The average Bonchev–Trinajstić information content (AvgIpc) is 1.60. The van der Waals surface area contributed by atoms with Crippen molar-refractivity contribution in [2.75, 3.05) is 0 Å². The predicted octanol–water partition coefficient (Wildman–Crippen LogP) is 18.9. The van der Waals surface area contributed by atoms with E-state index in [0.29, 0.717) is 46.3 Å². The molecule has 21 rings (SSSR count). The van der Waals surface area contributed by atoms with Crippen LogP contribution in [0.1, 0.15) is 22.3 Å². The molecule has 0 unspecified atom stereocenters. The Morgan fingerprint density at radius 1 is 0.295 bits per heavy atom. The molecule has 122 heavy (non-hydrogen) atoms. The molecule has 0 atom stereocenters. The van der Waals surface area contributed by atoms with Crippen molar-refractivity contribution in [1.82, 2.24) is 110 Å². The molecule has 25 heteroatoms. The maximum atomic E-state index is 4.42. The van der Waals surface area contributed by atoms with E-state index < -0.39 is 0 Å². The van der Waals surface area contributed by atoms with Gasteiger partial charge in [-0.1, -0.05) is 121 Å². The second-order valence-corrected chi connectivity index (χ2v) is 27.1. The fourth-order valence-electron chi connectivity index (χ4n) is 12.9. The van der Waals surface area contributed by atoms with Crippen molar-refractivity contribution in [2.24, 2.45) is 7.05 Å². The average molecular weight is 2120 g/mol. The van der Waals surface area contributed by atoms with Gasteiger partial charge in [0.15, 0.2) is 0 Å². The van der Waals surface area contributed by atoms with Crippen molar-refractivity contribution in [1.29, 1.82) is 0 Å². The second-order valence-electron chi connectivity index (χ2n) is 27.1. The molecule has 0 spiro atoms. The van der Waals surface area contributed by atoms with Gasteiger partial charge in [-0.25, -0.2) is 0 Å². The van der Waals surface area contributed by atoms with E-state index in [1.54, 1.807) is 36.9 Å². The van der Waals surface area contributed by atoms with Gasteiger partial charge in [0.1, 0.15) is 28.9 Å². The third-order valence-electron chi connectivity index (χ3n) is 19.0. The van der Waals surface area contributed by atoms with E-state index in [4.69, 9.17) is 0 Å². The van der Waals surface area contributed by atoms with Gasteiger partial charge in [-0.3, -0.25) is 19.9 Å². The fourth-order valence-corrected chi connectivity index (χ4v) is 12.9. The Morgan fingerprint density at radius 2 is 0.746 bits per heavy atom. The van der Waals surface area contributed by atoms with E-state index in [1.165, 1.54) is 49.3 Å². The number of hydrogen-bond donors (Lipinski definition) is 0. The Kier molecular flexibility index (Phi) is 28.9. The minimum Gasteiger partial charge on any atom is -0.574 e. The molecular formula is C97H70Ir3N22-6. The zero-order valence-electron chi connectivity index (χ0n) is 66.1. The number of benzene rings is 10. The number of pyridine rings is 4. The van der Waals surface area contributed by atoms with E-state index in [9.17, 15) is 0 Å². The number of hydrogen-bond acceptors (Lipinski definition) is 18. The molecule has 0 saturated carbocycles. The molecule has 0 aliphatic rings. The van der Waals surface area contributed by atoms with Gasteiger partial charge in [0, 0.05) is 160 Å². The van der Waals surface area contributed by atoms with E-state index in [-0.39, 0.29) is 60.3 Å². The maximum Gasteiger partial charge on any atom is 0.220 e. The summed E-state index contributed by atoms with van der Waals surface area (Å²) < 4.78 is 6.54. The Labute approximate surface area is 744 Å². The topological polar surface area (TPSA) is 261 Å². The summed E-state index contributed by atoms with van der Waals surface area (Å²) in [5.41, 5.74) is 20.9. The van der Waals surface area contributed by atoms with Crippen LogP contribution in [-0.2, 0) is 67.4 Å². The first-order valence-electron chi connectivity index (χ1n) is 37.9. The molecule has 0 amide bonds. The van der Waals surface area contributed by atoms with Crippen molar-refractivity contribution in [3.05, 3.63) is 387 Å².